The Balaban J connectivity index is 2.17. The molecule has 0 aliphatic carbocycles. The van der Waals surface area contributed by atoms with E-state index in [2.05, 4.69) is 21.2 Å². The van der Waals surface area contributed by atoms with Crippen LogP contribution in [0.3, 0.4) is 0 Å². The van der Waals surface area contributed by atoms with Crippen molar-refractivity contribution in [2.24, 2.45) is 5.92 Å². The van der Waals surface area contributed by atoms with E-state index in [4.69, 9.17) is 4.74 Å². The average molecular weight is 244 g/mol. The van der Waals surface area contributed by atoms with E-state index in [0.29, 0.717) is 0 Å². The minimum atomic E-state index is -0.844. The fraction of sp³-hybridized carbons (Fsp3) is 0.500. The highest BCUT2D eigenvalue weighted by atomic mass is 79.9. The highest BCUT2D eigenvalue weighted by Crippen LogP contribution is 2.50. The Labute approximate surface area is 82.4 Å². The summed E-state index contributed by atoms with van der Waals surface area (Å²) in [4.78, 5) is 22.9. The van der Waals surface area contributed by atoms with Crippen LogP contribution in [-0.4, -0.2) is 28.3 Å². The summed E-state index contributed by atoms with van der Waals surface area (Å²) >= 11 is 3.33. The lowest BCUT2D eigenvalue weighted by molar-refractivity contribution is -0.128. The van der Waals surface area contributed by atoms with Gasteiger partial charge >= 0.3 is 0 Å². The fourth-order valence-corrected chi connectivity index (χ4v) is 3.04. The lowest BCUT2D eigenvalue weighted by Crippen LogP contribution is -2.43. The maximum absolute atomic E-state index is 11.5. The van der Waals surface area contributed by atoms with Crippen molar-refractivity contribution in [3.63, 3.8) is 0 Å². The Kier molecular flexibility index (Phi) is 1.21. The zero-order valence-corrected chi connectivity index (χ0v) is 8.08. The number of imide groups is 1. The van der Waals surface area contributed by atoms with Gasteiger partial charge < -0.3 is 4.74 Å². The zero-order chi connectivity index (χ0) is 9.22. The third kappa shape index (κ3) is 0.670. The summed E-state index contributed by atoms with van der Waals surface area (Å²) in [6, 6.07) is 0. The molecule has 0 spiro atoms. The van der Waals surface area contributed by atoms with Crippen LogP contribution in [-0.2, 0) is 14.3 Å². The van der Waals surface area contributed by atoms with Gasteiger partial charge in [0.2, 0.25) is 11.8 Å². The van der Waals surface area contributed by atoms with E-state index in [1.165, 1.54) is 0 Å². The van der Waals surface area contributed by atoms with Crippen LogP contribution in [0.1, 0.15) is 0 Å². The molecule has 0 aromatic carbocycles. The molecule has 3 heterocycles. The van der Waals surface area contributed by atoms with Crippen LogP contribution in [0.5, 0.6) is 0 Å². The molecule has 2 saturated heterocycles. The number of fused-ring (bicyclic) bond motifs is 5. The molecule has 0 aromatic heterocycles. The summed E-state index contributed by atoms with van der Waals surface area (Å²) in [5, 5.41) is 2.32. The third-order valence-corrected chi connectivity index (χ3v) is 4.15. The Bertz CT molecular complexity index is 353. The van der Waals surface area contributed by atoms with Gasteiger partial charge in [0.05, 0.1) is 12.0 Å². The van der Waals surface area contributed by atoms with Crippen molar-refractivity contribution >= 4 is 27.7 Å². The molecule has 0 saturated carbocycles. The second kappa shape index (κ2) is 2.04. The lowest BCUT2D eigenvalue weighted by atomic mass is 9.85. The van der Waals surface area contributed by atoms with E-state index < -0.39 is 10.2 Å². The van der Waals surface area contributed by atoms with E-state index in [1.807, 2.05) is 12.2 Å². The number of rotatable bonds is 0. The molecule has 4 nitrogen and oxygen atoms in total. The molecule has 13 heavy (non-hydrogen) atoms. The first-order valence-corrected chi connectivity index (χ1v) is 4.81. The smallest absolute Gasteiger partial charge is 0.247 e. The second-order valence-corrected chi connectivity index (χ2v) is 4.78. The lowest BCUT2D eigenvalue weighted by Gasteiger charge is -2.22. The molecule has 2 bridgehead atoms. The number of hydrogen-bond donors (Lipinski definition) is 1. The molecule has 0 aromatic rings. The topological polar surface area (TPSA) is 55.4 Å². The van der Waals surface area contributed by atoms with Crippen LogP contribution in [0.4, 0.5) is 0 Å². The van der Waals surface area contributed by atoms with Crippen molar-refractivity contribution < 1.29 is 14.3 Å². The number of carbonyl (C=O) groups excluding carboxylic acids is 2. The quantitative estimate of drug-likeness (QED) is 0.362. The number of carbonyl (C=O) groups is 2. The molecule has 3 aliphatic heterocycles. The summed E-state index contributed by atoms with van der Waals surface area (Å²) in [6.07, 6.45) is 3.13. The standard InChI is InChI=1S/C8H6BrNO3/c9-8-4-2-1-3(13-4)5(8)6(11)10-7(8)12/h1-5H,(H,10,11,12). The van der Waals surface area contributed by atoms with Crippen LogP contribution >= 0.6 is 15.9 Å². The van der Waals surface area contributed by atoms with E-state index in [0.717, 1.165) is 0 Å². The summed E-state index contributed by atoms with van der Waals surface area (Å²) in [5.74, 6) is -0.909. The monoisotopic (exact) mass is 243 g/mol. The second-order valence-electron chi connectivity index (χ2n) is 3.47. The van der Waals surface area contributed by atoms with Gasteiger partial charge in [-0.15, -0.1) is 0 Å². The first-order valence-electron chi connectivity index (χ1n) is 4.02. The van der Waals surface area contributed by atoms with E-state index in [9.17, 15) is 9.59 Å². The van der Waals surface area contributed by atoms with Crippen LogP contribution < -0.4 is 5.32 Å². The minimum Gasteiger partial charge on any atom is -0.364 e. The van der Waals surface area contributed by atoms with Gasteiger partial charge in [-0.2, -0.15) is 0 Å². The molecule has 68 valence electrons. The van der Waals surface area contributed by atoms with Gasteiger partial charge in [-0.3, -0.25) is 14.9 Å². The molecular weight excluding hydrogens is 238 g/mol. The number of hydrogen-bond acceptors (Lipinski definition) is 3. The van der Waals surface area contributed by atoms with Gasteiger partial charge in [-0.05, 0) is 0 Å². The number of alkyl halides is 1. The molecular formula is C8H6BrNO3. The van der Waals surface area contributed by atoms with Crippen LogP contribution in [0, 0.1) is 5.92 Å². The first-order chi connectivity index (χ1) is 6.14. The highest BCUT2D eigenvalue weighted by Gasteiger charge is 2.67. The molecule has 4 atom stereocenters. The van der Waals surface area contributed by atoms with E-state index in [-0.39, 0.29) is 24.0 Å². The molecule has 2 amide bonds. The average Bonchev–Trinajstić information content (AvgIpc) is 2.66. The predicted molar refractivity (Wildman–Crippen MR) is 46.1 cm³/mol. The van der Waals surface area contributed by atoms with Crippen molar-refractivity contribution in [2.45, 2.75) is 16.5 Å². The van der Waals surface area contributed by atoms with E-state index in [1.54, 1.807) is 0 Å². The summed E-state index contributed by atoms with van der Waals surface area (Å²) < 4.78 is 4.60. The van der Waals surface area contributed by atoms with Crippen molar-refractivity contribution in [1.29, 1.82) is 0 Å². The SMILES string of the molecule is O=C1NC(=O)C2(Br)C3C=CC(O3)C12. The molecule has 4 unspecified atom stereocenters. The van der Waals surface area contributed by atoms with Gasteiger partial charge in [0.25, 0.3) is 0 Å². The van der Waals surface area contributed by atoms with Crippen LogP contribution in [0.25, 0.3) is 0 Å². The molecule has 3 rings (SSSR count). The zero-order valence-electron chi connectivity index (χ0n) is 6.49. The Morgan fingerprint density at radius 2 is 2.23 bits per heavy atom. The van der Waals surface area contributed by atoms with Gasteiger partial charge in [-0.25, -0.2) is 0 Å². The minimum absolute atomic E-state index is 0.237. The van der Waals surface area contributed by atoms with Crippen molar-refractivity contribution in [3.05, 3.63) is 12.2 Å². The van der Waals surface area contributed by atoms with Crippen LogP contribution in [0.15, 0.2) is 12.2 Å². The molecule has 2 fully saturated rings. The Hall–Kier alpha value is -0.680. The normalized spacial score (nSPS) is 51.3. The molecule has 5 heteroatoms. The molecule has 1 N–H and O–H groups in total. The number of nitrogens with one attached hydrogen (secondary N) is 1. The van der Waals surface area contributed by atoms with Crippen molar-refractivity contribution in [1.82, 2.24) is 5.32 Å². The van der Waals surface area contributed by atoms with Gasteiger partial charge in [0.15, 0.2) is 0 Å². The summed E-state index contributed by atoms with van der Waals surface area (Å²) in [5.41, 5.74) is 0. The number of ether oxygens (including phenoxy) is 1. The Morgan fingerprint density at radius 1 is 1.46 bits per heavy atom. The maximum Gasteiger partial charge on any atom is 0.247 e. The number of amides is 2. The predicted octanol–water partition coefficient (Wildman–Crippen LogP) is -0.270. The van der Waals surface area contributed by atoms with Crippen molar-refractivity contribution in [2.75, 3.05) is 0 Å². The fourth-order valence-electron chi connectivity index (χ4n) is 2.21. The maximum atomic E-state index is 11.5. The molecule has 3 aliphatic rings. The summed E-state index contributed by atoms with van der Waals surface area (Å²) in [7, 11) is 0. The van der Waals surface area contributed by atoms with Gasteiger partial charge in [-0.1, -0.05) is 28.1 Å². The van der Waals surface area contributed by atoms with Gasteiger partial charge in [0.1, 0.15) is 10.4 Å². The Morgan fingerprint density at radius 3 is 2.92 bits per heavy atom. The van der Waals surface area contributed by atoms with Crippen LogP contribution in [0.2, 0.25) is 0 Å². The first kappa shape index (κ1) is 7.70. The largest absolute Gasteiger partial charge is 0.364 e. The highest BCUT2D eigenvalue weighted by molar-refractivity contribution is 9.10. The van der Waals surface area contributed by atoms with Crippen molar-refractivity contribution in [3.8, 4) is 0 Å². The third-order valence-electron chi connectivity index (χ3n) is 2.84. The molecule has 0 radical (unpaired) electrons. The van der Waals surface area contributed by atoms with Gasteiger partial charge in [0, 0.05) is 0 Å². The van der Waals surface area contributed by atoms with E-state index >= 15 is 0 Å². The number of halogens is 1. The summed E-state index contributed by atoms with van der Waals surface area (Å²) in [6.45, 7) is 0.